The van der Waals surface area contributed by atoms with Crippen LogP contribution in [0.15, 0.2) is 59.2 Å². The number of rotatable bonds is 1. The summed E-state index contributed by atoms with van der Waals surface area (Å²) in [6, 6.07) is 11.0. The second-order valence-electron chi connectivity index (χ2n) is 7.98. The molecule has 32 heavy (non-hydrogen) atoms. The van der Waals surface area contributed by atoms with Crippen LogP contribution in [0.3, 0.4) is 0 Å². The van der Waals surface area contributed by atoms with Crippen molar-refractivity contribution in [2.24, 2.45) is 5.92 Å². The fourth-order valence-corrected chi connectivity index (χ4v) is 3.32. The van der Waals surface area contributed by atoms with Crippen molar-refractivity contribution in [1.29, 1.82) is 0 Å². The summed E-state index contributed by atoms with van der Waals surface area (Å²) >= 11 is 1.74. The van der Waals surface area contributed by atoms with Gasteiger partial charge in [-0.1, -0.05) is 32.8 Å². The zero-order valence-electron chi connectivity index (χ0n) is 19.1. The van der Waals surface area contributed by atoms with Gasteiger partial charge in [0.25, 0.3) is 0 Å². The second kappa shape index (κ2) is 11.5. The first-order chi connectivity index (χ1) is 15.0. The molecule has 0 nitrogen and oxygen atoms in total. The first-order valence-corrected chi connectivity index (χ1v) is 16.4. The molecule has 0 heterocycles. The molecular weight excluding hydrogens is 508 g/mol. The molecule has 0 aliphatic heterocycles. The van der Waals surface area contributed by atoms with Gasteiger partial charge in [-0.25, -0.2) is 23.1 Å². The summed E-state index contributed by atoms with van der Waals surface area (Å²) in [7, 11) is 0. The second-order valence-corrected chi connectivity index (χ2v) is 17.4. The van der Waals surface area contributed by atoms with Crippen LogP contribution in [0, 0.1) is 35.3 Å². The van der Waals surface area contributed by atoms with Crippen LogP contribution in [0.2, 0.25) is 13.1 Å². The molecule has 0 N–H and O–H groups in total. The minimum absolute atomic E-state index is 0.210. The maximum absolute atomic E-state index is 13.8. The maximum Gasteiger partial charge on any atom is 0.197 e. The van der Waals surface area contributed by atoms with E-state index in [-0.39, 0.29) is 11.0 Å². The van der Waals surface area contributed by atoms with Gasteiger partial charge in [0.2, 0.25) is 0 Å². The van der Waals surface area contributed by atoms with Gasteiger partial charge in [0.1, 0.15) is 0 Å². The SMILES string of the molecule is CC1=[C-]C(C)C(C)=C1C.C[Si](C)=[Zr+2].Fc1cc(-c2c[cH-]c3ccccc23)c(F)c(F)c1F. The van der Waals surface area contributed by atoms with Crippen molar-refractivity contribution in [3.8, 4) is 11.1 Å². The normalized spacial score (nSPS) is 15.1. The summed E-state index contributed by atoms with van der Waals surface area (Å²) in [6.45, 7) is 13.3. The molecule has 1 aliphatic rings. The Kier molecular flexibility index (Phi) is 9.53. The van der Waals surface area contributed by atoms with Crippen LogP contribution in [-0.2, 0) is 23.3 Å². The average Bonchev–Trinajstić information content (AvgIpc) is 3.26. The minimum atomic E-state index is -1.79. The van der Waals surface area contributed by atoms with E-state index < -0.39 is 23.3 Å². The van der Waals surface area contributed by atoms with Crippen LogP contribution in [0.1, 0.15) is 27.7 Å². The van der Waals surface area contributed by atoms with E-state index in [1.807, 2.05) is 0 Å². The first kappa shape index (κ1) is 26.6. The van der Waals surface area contributed by atoms with Crippen molar-refractivity contribution in [3.05, 3.63) is 88.5 Å². The van der Waals surface area contributed by atoms with Gasteiger partial charge in [-0.3, -0.25) is 6.08 Å². The fourth-order valence-electron chi connectivity index (χ4n) is 3.32. The third-order valence-corrected chi connectivity index (χ3v) is 5.31. The molecular formula is C26H26F4SiZr. The third kappa shape index (κ3) is 6.23. The van der Waals surface area contributed by atoms with Gasteiger partial charge in [-0.15, -0.1) is 53.6 Å². The molecule has 0 radical (unpaired) electrons. The molecule has 0 saturated carbocycles. The van der Waals surface area contributed by atoms with E-state index in [4.69, 9.17) is 0 Å². The quantitative estimate of drug-likeness (QED) is 0.0970. The first-order valence-electron chi connectivity index (χ1n) is 10.2. The molecule has 0 saturated heterocycles. The van der Waals surface area contributed by atoms with Crippen molar-refractivity contribution in [1.82, 2.24) is 0 Å². The van der Waals surface area contributed by atoms with Crippen LogP contribution in [-0.4, -0.2) is 5.43 Å². The molecule has 0 fully saturated rings. The smallest absolute Gasteiger partial charge is 0.197 e. The van der Waals surface area contributed by atoms with Gasteiger partial charge in [0.05, 0.1) is 0 Å². The molecule has 3 aromatic carbocycles. The Labute approximate surface area is 202 Å². The standard InChI is InChI=1S/C15H7F4.C9H13.C2H6Si.Zr/c16-12-7-11(13(17)15(19)14(12)18)10-6-5-8-3-1-2-4-9(8)10;1-6-5-7(2)9(4)8(6)3;1-3-2;/h1-7H;6H,1-4H3;1-2H3;/q2*-1;;+2. The topological polar surface area (TPSA) is 0 Å². The Morgan fingerprint density at radius 3 is 2.03 bits per heavy atom. The van der Waals surface area contributed by atoms with Crippen LogP contribution in [0.4, 0.5) is 17.6 Å². The van der Waals surface area contributed by atoms with Crippen LogP contribution < -0.4 is 0 Å². The van der Waals surface area contributed by atoms with Gasteiger partial charge in [0, 0.05) is 0 Å². The summed E-state index contributed by atoms with van der Waals surface area (Å²) in [5, 5.41) is 1.48. The number of hydrogen-bond acceptors (Lipinski definition) is 0. The predicted molar refractivity (Wildman–Crippen MR) is 122 cm³/mol. The molecule has 1 atom stereocenters. The summed E-state index contributed by atoms with van der Waals surface area (Å²) in [4.78, 5) is 0. The summed E-state index contributed by atoms with van der Waals surface area (Å²) < 4.78 is 53.2. The van der Waals surface area contributed by atoms with Gasteiger partial charge >= 0.3 is 41.9 Å². The van der Waals surface area contributed by atoms with Gasteiger partial charge in [-0.2, -0.15) is 11.1 Å². The number of halogens is 4. The number of benzene rings is 2. The maximum atomic E-state index is 13.8. The van der Waals surface area contributed by atoms with Crippen molar-refractivity contribution in [2.45, 2.75) is 40.8 Å². The Morgan fingerprint density at radius 1 is 0.938 bits per heavy atom. The fraction of sp³-hybridized carbons (Fsp3) is 0.269. The molecule has 4 rings (SSSR count). The molecule has 0 bridgehead atoms. The van der Waals surface area contributed by atoms with Crippen molar-refractivity contribution < 1.29 is 40.9 Å². The van der Waals surface area contributed by atoms with E-state index in [1.165, 1.54) is 16.7 Å². The summed E-state index contributed by atoms with van der Waals surface area (Å²) in [5.74, 6) is -5.81. The molecule has 0 aromatic heterocycles. The molecule has 1 aliphatic carbocycles. The molecule has 3 aromatic rings. The summed E-state index contributed by atoms with van der Waals surface area (Å²) in [6.07, 6.45) is 3.36. The van der Waals surface area contributed by atoms with Crippen LogP contribution in [0.25, 0.3) is 21.9 Å². The van der Waals surface area contributed by atoms with E-state index in [0.717, 1.165) is 5.39 Å². The van der Waals surface area contributed by atoms with Crippen LogP contribution >= 0.6 is 0 Å². The van der Waals surface area contributed by atoms with Crippen molar-refractivity contribution in [3.63, 3.8) is 0 Å². The zero-order valence-corrected chi connectivity index (χ0v) is 22.6. The third-order valence-electron chi connectivity index (χ3n) is 5.31. The van der Waals surface area contributed by atoms with Gasteiger partial charge in [-0.05, 0) is 11.6 Å². The molecule has 0 spiro atoms. The van der Waals surface area contributed by atoms with Crippen LogP contribution in [0.5, 0.6) is 0 Å². The van der Waals surface area contributed by atoms with E-state index >= 15 is 0 Å². The number of allylic oxidation sites excluding steroid dienone is 4. The molecule has 166 valence electrons. The molecule has 6 heteroatoms. The monoisotopic (exact) mass is 532 g/mol. The van der Waals surface area contributed by atoms with Gasteiger partial charge in [0.15, 0.2) is 23.3 Å². The van der Waals surface area contributed by atoms with E-state index in [9.17, 15) is 17.6 Å². The van der Waals surface area contributed by atoms with E-state index in [1.54, 1.807) is 59.7 Å². The zero-order chi connectivity index (χ0) is 24.2. The molecule has 1 unspecified atom stereocenters. The largest absolute Gasteiger partial charge is 0.204 e. The van der Waals surface area contributed by atoms with Crippen molar-refractivity contribution >= 4 is 16.2 Å². The van der Waals surface area contributed by atoms with Crippen molar-refractivity contribution in [2.75, 3.05) is 0 Å². The predicted octanol–water partition coefficient (Wildman–Crippen LogP) is 8.29. The Bertz CT molecular complexity index is 1200. The van der Waals surface area contributed by atoms with E-state index in [2.05, 4.69) is 46.9 Å². The number of hydrogen-bond donors (Lipinski definition) is 0. The Morgan fingerprint density at radius 2 is 1.53 bits per heavy atom. The average molecular weight is 534 g/mol. The van der Waals surface area contributed by atoms with Gasteiger partial charge < -0.3 is 0 Å². The minimum Gasteiger partial charge on any atom is -0.204 e. The Balaban J connectivity index is 0.000000233. The van der Waals surface area contributed by atoms with E-state index in [0.29, 0.717) is 22.9 Å². The number of fused-ring (bicyclic) bond motifs is 1. The Hall–Kier alpha value is -1.65. The molecule has 0 amide bonds. The summed E-state index contributed by atoms with van der Waals surface area (Å²) in [5.41, 5.74) is 4.51.